The fourth-order valence-electron chi connectivity index (χ4n) is 4.14. The van der Waals surface area contributed by atoms with Crippen molar-refractivity contribution in [2.45, 2.75) is 74.0 Å². The number of carbonyl (C=O) groups excluding carboxylic acids is 2. The van der Waals surface area contributed by atoms with Crippen molar-refractivity contribution in [2.75, 3.05) is 6.54 Å². The zero-order valence-corrected chi connectivity index (χ0v) is 22.3. The first-order valence-electron chi connectivity index (χ1n) is 12.2. The Kier molecular flexibility index (Phi) is 8.15. The molecule has 0 saturated heterocycles. The third-order valence-corrected chi connectivity index (χ3v) is 7.17. The molecule has 6 heteroatoms. The molecular weight excluding hydrogens is 436 g/mol. The third-order valence-electron chi connectivity index (χ3n) is 7.17. The standard InChI is InChI=1S/C29H38N4O2/c1-18-9-11-26(13-20(18)3)23(6)31-28(34)15-33(25(8)27-12-10-19(2)21(4)14-27)29(35)16-32-17-30-22(5)24(32)7/h9-14,17,23,25H,15-16H2,1-8H3,(H,31,34)/t23-,25-/m0/s1. The van der Waals surface area contributed by atoms with Crippen molar-refractivity contribution in [3.05, 3.63) is 87.5 Å². The van der Waals surface area contributed by atoms with E-state index in [9.17, 15) is 9.59 Å². The Hall–Kier alpha value is -3.41. The smallest absolute Gasteiger partial charge is 0.243 e. The lowest BCUT2D eigenvalue weighted by Crippen LogP contribution is -2.44. The van der Waals surface area contributed by atoms with Crippen molar-refractivity contribution < 1.29 is 9.59 Å². The molecule has 0 aliphatic carbocycles. The van der Waals surface area contributed by atoms with Crippen molar-refractivity contribution >= 4 is 11.8 Å². The van der Waals surface area contributed by atoms with Crippen LogP contribution >= 0.6 is 0 Å². The van der Waals surface area contributed by atoms with Crippen LogP contribution in [-0.2, 0) is 16.1 Å². The normalized spacial score (nSPS) is 12.8. The number of benzene rings is 2. The van der Waals surface area contributed by atoms with Gasteiger partial charge < -0.3 is 14.8 Å². The van der Waals surface area contributed by atoms with Gasteiger partial charge in [-0.05, 0) is 88.8 Å². The Morgan fingerprint density at radius 3 is 2.00 bits per heavy atom. The van der Waals surface area contributed by atoms with Gasteiger partial charge in [0, 0.05) is 5.69 Å². The van der Waals surface area contributed by atoms with E-state index in [1.165, 1.54) is 16.7 Å². The van der Waals surface area contributed by atoms with Gasteiger partial charge in [-0.15, -0.1) is 0 Å². The zero-order chi connectivity index (χ0) is 25.9. The van der Waals surface area contributed by atoms with Crippen LogP contribution in [0.1, 0.15) is 70.7 Å². The van der Waals surface area contributed by atoms with E-state index in [0.717, 1.165) is 28.1 Å². The molecule has 35 heavy (non-hydrogen) atoms. The van der Waals surface area contributed by atoms with Crippen LogP contribution in [0.15, 0.2) is 42.7 Å². The second-order valence-corrected chi connectivity index (χ2v) is 9.72. The first kappa shape index (κ1) is 26.2. The minimum Gasteiger partial charge on any atom is -0.348 e. The summed E-state index contributed by atoms with van der Waals surface area (Å²) in [5.74, 6) is -0.302. The molecule has 0 saturated carbocycles. The lowest BCUT2D eigenvalue weighted by atomic mass is 10.0. The van der Waals surface area contributed by atoms with Crippen molar-refractivity contribution in [3.63, 3.8) is 0 Å². The number of nitrogens with zero attached hydrogens (tertiary/aromatic N) is 3. The van der Waals surface area contributed by atoms with Gasteiger partial charge in [-0.3, -0.25) is 9.59 Å². The van der Waals surface area contributed by atoms with Gasteiger partial charge >= 0.3 is 0 Å². The number of hydrogen-bond acceptors (Lipinski definition) is 3. The minimum absolute atomic E-state index is 0.0190. The molecular formula is C29H38N4O2. The highest BCUT2D eigenvalue weighted by Crippen LogP contribution is 2.24. The van der Waals surface area contributed by atoms with Crippen LogP contribution in [0.5, 0.6) is 0 Å². The summed E-state index contributed by atoms with van der Waals surface area (Å²) in [5, 5.41) is 3.08. The summed E-state index contributed by atoms with van der Waals surface area (Å²) in [4.78, 5) is 32.6. The van der Waals surface area contributed by atoms with Crippen LogP contribution in [0, 0.1) is 41.5 Å². The average Bonchev–Trinajstić information content (AvgIpc) is 3.12. The Labute approximate surface area is 209 Å². The largest absolute Gasteiger partial charge is 0.348 e. The van der Waals surface area contributed by atoms with Crippen LogP contribution in [-0.4, -0.2) is 32.8 Å². The fraction of sp³-hybridized carbons (Fsp3) is 0.414. The van der Waals surface area contributed by atoms with Crippen molar-refractivity contribution in [1.29, 1.82) is 0 Å². The van der Waals surface area contributed by atoms with Gasteiger partial charge in [0.25, 0.3) is 0 Å². The Morgan fingerprint density at radius 2 is 1.46 bits per heavy atom. The molecule has 3 aromatic rings. The number of amides is 2. The molecule has 1 aromatic heterocycles. The Morgan fingerprint density at radius 1 is 0.886 bits per heavy atom. The van der Waals surface area contributed by atoms with Gasteiger partial charge in [0.2, 0.25) is 11.8 Å². The average molecular weight is 475 g/mol. The second-order valence-electron chi connectivity index (χ2n) is 9.72. The zero-order valence-electron chi connectivity index (χ0n) is 22.3. The first-order chi connectivity index (χ1) is 16.5. The molecule has 0 unspecified atom stereocenters. The molecule has 6 nitrogen and oxygen atoms in total. The molecule has 0 bridgehead atoms. The van der Waals surface area contributed by atoms with Gasteiger partial charge in [-0.25, -0.2) is 4.98 Å². The summed E-state index contributed by atoms with van der Waals surface area (Å²) < 4.78 is 1.84. The summed E-state index contributed by atoms with van der Waals surface area (Å²) in [7, 11) is 0. The SMILES string of the molecule is Cc1ccc([C@H](C)NC(=O)CN(C(=O)Cn2cnc(C)c2C)[C@@H](C)c2ccc(C)c(C)c2)cc1C. The number of aryl methyl sites for hydroxylation is 5. The predicted octanol–water partition coefficient (Wildman–Crippen LogP) is 5.20. The number of aromatic nitrogens is 2. The van der Waals surface area contributed by atoms with E-state index in [4.69, 9.17) is 0 Å². The van der Waals surface area contributed by atoms with Crippen molar-refractivity contribution in [2.24, 2.45) is 0 Å². The highest BCUT2D eigenvalue weighted by Gasteiger charge is 2.26. The molecule has 1 heterocycles. The van der Waals surface area contributed by atoms with Crippen LogP contribution in [0.3, 0.4) is 0 Å². The van der Waals surface area contributed by atoms with E-state index in [0.29, 0.717) is 0 Å². The van der Waals surface area contributed by atoms with Gasteiger partial charge in [-0.1, -0.05) is 36.4 Å². The summed E-state index contributed by atoms with van der Waals surface area (Å²) in [6.45, 7) is 16.2. The third kappa shape index (κ3) is 6.18. The molecule has 2 amide bonds. The lowest BCUT2D eigenvalue weighted by molar-refractivity contribution is -0.139. The Balaban J connectivity index is 1.82. The minimum atomic E-state index is -0.255. The summed E-state index contributed by atoms with van der Waals surface area (Å²) in [5.41, 5.74) is 8.67. The Bertz CT molecular complexity index is 1230. The maximum absolute atomic E-state index is 13.5. The van der Waals surface area contributed by atoms with E-state index in [-0.39, 0.29) is 37.0 Å². The van der Waals surface area contributed by atoms with Crippen molar-refractivity contribution in [3.8, 4) is 0 Å². The van der Waals surface area contributed by atoms with E-state index in [2.05, 4.69) is 62.3 Å². The molecule has 2 atom stereocenters. The lowest BCUT2D eigenvalue weighted by Gasteiger charge is -2.30. The molecule has 0 aliphatic heterocycles. The van der Waals surface area contributed by atoms with E-state index in [1.807, 2.05) is 44.4 Å². The predicted molar refractivity (Wildman–Crippen MR) is 140 cm³/mol. The van der Waals surface area contributed by atoms with E-state index in [1.54, 1.807) is 11.2 Å². The highest BCUT2D eigenvalue weighted by molar-refractivity contribution is 5.85. The second kappa shape index (κ2) is 10.9. The number of nitrogens with one attached hydrogen (secondary N) is 1. The quantitative estimate of drug-likeness (QED) is 0.488. The molecule has 3 rings (SSSR count). The van der Waals surface area contributed by atoms with E-state index >= 15 is 0 Å². The van der Waals surface area contributed by atoms with Crippen LogP contribution in [0.2, 0.25) is 0 Å². The van der Waals surface area contributed by atoms with Crippen LogP contribution in [0.25, 0.3) is 0 Å². The van der Waals surface area contributed by atoms with Gasteiger partial charge in [0.05, 0.1) is 24.1 Å². The maximum Gasteiger partial charge on any atom is 0.243 e. The number of hydrogen-bond donors (Lipinski definition) is 1. The molecule has 0 aliphatic rings. The monoisotopic (exact) mass is 474 g/mol. The molecule has 186 valence electrons. The van der Waals surface area contributed by atoms with E-state index < -0.39 is 0 Å². The van der Waals surface area contributed by atoms with Crippen molar-refractivity contribution in [1.82, 2.24) is 19.8 Å². The number of rotatable bonds is 8. The van der Waals surface area contributed by atoms with Gasteiger partial charge in [0.1, 0.15) is 13.1 Å². The molecule has 1 N–H and O–H groups in total. The van der Waals surface area contributed by atoms with Gasteiger partial charge in [0.15, 0.2) is 0 Å². The molecule has 0 fully saturated rings. The molecule has 0 radical (unpaired) electrons. The van der Waals surface area contributed by atoms with Crippen LogP contribution in [0.4, 0.5) is 0 Å². The summed E-state index contributed by atoms with van der Waals surface area (Å²) in [6.07, 6.45) is 1.68. The summed E-state index contributed by atoms with van der Waals surface area (Å²) in [6, 6.07) is 12.0. The summed E-state index contributed by atoms with van der Waals surface area (Å²) >= 11 is 0. The topological polar surface area (TPSA) is 67.2 Å². The number of carbonyl (C=O) groups is 2. The number of imidazole rings is 1. The molecule has 0 spiro atoms. The maximum atomic E-state index is 13.5. The highest BCUT2D eigenvalue weighted by atomic mass is 16.2. The molecule has 2 aromatic carbocycles. The first-order valence-corrected chi connectivity index (χ1v) is 12.2. The van der Waals surface area contributed by atoms with Gasteiger partial charge in [-0.2, -0.15) is 0 Å². The van der Waals surface area contributed by atoms with Crippen LogP contribution < -0.4 is 5.32 Å². The fourth-order valence-corrected chi connectivity index (χ4v) is 4.14.